The molecule has 2 heteroatoms. The molecule has 0 bridgehead atoms. The van der Waals surface area contributed by atoms with Gasteiger partial charge in [0.05, 0.1) is 12.2 Å². The van der Waals surface area contributed by atoms with Crippen molar-refractivity contribution in [3.8, 4) is 5.75 Å². The molecule has 0 saturated carbocycles. The Bertz CT molecular complexity index is 589. The van der Waals surface area contributed by atoms with Crippen LogP contribution < -0.4 is 10.1 Å². The molecular formula is C18H21NO. The lowest BCUT2D eigenvalue weighted by Gasteiger charge is -2.28. The van der Waals surface area contributed by atoms with E-state index in [1.807, 2.05) is 0 Å². The summed E-state index contributed by atoms with van der Waals surface area (Å²) in [7, 11) is 0. The second-order valence-electron chi connectivity index (χ2n) is 5.27. The molecule has 1 N–H and O–H groups in total. The predicted octanol–water partition coefficient (Wildman–Crippen LogP) is 4.36. The van der Waals surface area contributed by atoms with Crippen molar-refractivity contribution in [2.24, 2.45) is 0 Å². The van der Waals surface area contributed by atoms with E-state index in [4.69, 9.17) is 4.74 Å². The molecule has 0 aromatic heterocycles. The van der Waals surface area contributed by atoms with Gasteiger partial charge in [0, 0.05) is 0 Å². The Morgan fingerprint density at radius 3 is 2.40 bits per heavy atom. The molecule has 20 heavy (non-hydrogen) atoms. The van der Waals surface area contributed by atoms with E-state index in [9.17, 15) is 0 Å². The molecule has 0 radical (unpaired) electrons. The van der Waals surface area contributed by atoms with E-state index < -0.39 is 0 Å². The van der Waals surface area contributed by atoms with Crippen LogP contribution in [0.2, 0.25) is 0 Å². The fourth-order valence-electron chi connectivity index (χ4n) is 2.59. The van der Waals surface area contributed by atoms with Crippen molar-refractivity contribution < 1.29 is 4.74 Å². The summed E-state index contributed by atoms with van der Waals surface area (Å²) >= 11 is 0. The fourth-order valence-corrected chi connectivity index (χ4v) is 2.59. The number of fused-ring (bicyclic) bond motifs is 1. The third kappa shape index (κ3) is 2.51. The zero-order valence-electron chi connectivity index (χ0n) is 12.1. The summed E-state index contributed by atoms with van der Waals surface area (Å²) in [6, 6.07) is 15.1. The van der Waals surface area contributed by atoms with Gasteiger partial charge in [-0.05, 0) is 41.7 Å². The highest BCUT2D eigenvalue weighted by Gasteiger charge is 2.20. The van der Waals surface area contributed by atoms with Gasteiger partial charge in [0.25, 0.3) is 0 Å². The summed E-state index contributed by atoms with van der Waals surface area (Å²) in [6.45, 7) is 5.17. The van der Waals surface area contributed by atoms with Crippen LogP contribution in [0.3, 0.4) is 0 Å². The summed E-state index contributed by atoms with van der Waals surface area (Å²) in [4.78, 5) is 0. The quantitative estimate of drug-likeness (QED) is 0.892. The summed E-state index contributed by atoms with van der Waals surface area (Å²) in [5.41, 5.74) is 5.06. The van der Waals surface area contributed by atoms with Gasteiger partial charge in [-0.25, -0.2) is 0 Å². The summed E-state index contributed by atoms with van der Waals surface area (Å²) in [5.74, 6) is 0.956. The second-order valence-corrected chi connectivity index (χ2v) is 5.27. The number of benzene rings is 2. The first-order valence-electron chi connectivity index (χ1n) is 7.42. The maximum absolute atomic E-state index is 6.13. The number of anilines is 1. The molecule has 0 saturated heterocycles. The Kier molecular flexibility index (Phi) is 3.64. The monoisotopic (exact) mass is 267 g/mol. The molecule has 2 nitrogen and oxygen atoms in total. The van der Waals surface area contributed by atoms with Crippen molar-refractivity contribution in [3.05, 3.63) is 59.2 Å². The van der Waals surface area contributed by atoms with E-state index in [0.29, 0.717) is 0 Å². The third-order valence-electron chi connectivity index (χ3n) is 3.96. The average Bonchev–Trinajstić information content (AvgIpc) is 2.54. The van der Waals surface area contributed by atoms with E-state index >= 15 is 0 Å². The van der Waals surface area contributed by atoms with Crippen LogP contribution in [0.25, 0.3) is 0 Å². The minimum atomic E-state index is 0.0980. The number of rotatable bonds is 3. The molecule has 1 aliphatic heterocycles. The zero-order chi connectivity index (χ0) is 13.9. The number of ether oxygens (including phenoxy) is 1. The van der Waals surface area contributed by atoms with Crippen LogP contribution in [0.4, 0.5) is 5.69 Å². The molecule has 0 spiro atoms. The van der Waals surface area contributed by atoms with Crippen molar-refractivity contribution in [2.75, 3.05) is 11.9 Å². The van der Waals surface area contributed by atoms with Gasteiger partial charge in [0.15, 0.2) is 0 Å². The normalized spacial score (nSPS) is 17.0. The Balaban J connectivity index is 1.80. The Morgan fingerprint density at radius 1 is 1.00 bits per heavy atom. The molecule has 0 fully saturated rings. The van der Waals surface area contributed by atoms with Crippen LogP contribution in [0.1, 0.15) is 36.6 Å². The van der Waals surface area contributed by atoms with E-state index in [2.05, 4.69) is 61.6 Å². The summed E-state index contributed by atoms with van der Waals surface area (Å²) in [5, 5.41) is 3.49. The van der Waals surface area contributed by atoms with Crippen molar-refractivity contribution >= 4 is 5.69 Å². The lowest BCUT2D eigenvalue weighted by molar-refractivity contribution is 0.210. The molecule has 1 aliphatic rings. The van der Waals surface area contributed by atoms with Crippen LogP contribution in [0.5, 0.6) is 5.75 Å². The standard InChI is InChI=1S/C18H21NO/c1-3-13-5-8-15(9-6-13)18-12-19-16-11-14(4-2)7-10-17(16)20-18/h5-11,18-19H,3-4,12H2,1-2H3. The highest BCUT2D eigenvalue weighted by Crippen LogP contribution is 2.34. The Labute approximate surface area is 120 Å². The molecule has 0 aliphatic carbocycles. The SMILES string of the molecule is CCc1ccc(C2CNc3cc(CC)ccc3O2)cc1. The maximum atomic E-state index is 6.13. The molecule has 3 rings (SSSR count). The third-order valence-corrected chi connectivity index (χ3v) is 3.96. The smallest absolute Gasteiger partial charge is 0.143 e. The largest absolute Gasteiger partial charge is 0.482 e. The summed E-state index contributed by atoms with van der Waals surface area (Å²) < 4.78 is 6.13. The molecule has 2 aromatic rings. The van der Waals surface area contributed by atoms with Crippen molar-refractivity contribution in [3.63, 3.8) is 0 Å². The molecule has 104 valence electrons. The van der Waals surface area contributed by atoms with Gasteiger partial charge < -0.3 is 10.1 Å². The predicted molar refractivity (Wildman–Crippen MR) is 83.5 cm³/mol. The number of nitrogens with one attached hydrogen (secondary N) is 1. The van der Waals surface area contributed by atoms with Crippen molar-refractivity contribution in [1.82, 2.24) is 0 Å². The molecule has 2 aromatic carbocycles. The Hall–Kier alpha value is -1.96. The molecule has 1 atom stereocenters. The van der Waals surface area contributed by atoms with Crippen LogP contribution in [0, 0.1) is 0 Å². The average molecular weight is 267 g/mol. The lowest BCUT2D eigenvalue weighted by Crippen LogP contribution is -2.23. The molecular weight excluding hydrogens is 246 g/mol. The highest BCUT2D eigenvalue weighted by molar-refractivity contribution is 5.60. The van der Waals surface area contributed by atoms with Crippen molar-refractivity contribution in [1.29, 1.82) is 0 Å². The van der Waals surface area contributed by atoms with Gasteiger partial charge in [-0.1, -0.05) is 44.2 Å². The van der Waals surface area contributed by atoms with Crippen LogP contribution >= 0.6 is 0 Å². The first-order valence-corrected chi connectivity index (χ1v) is 7.42. The zero-order valence-corrected chi connectivity index (χ0v) is 12.1. The minimum absolute atomic E-state index is 0.0980. The van der Waals surface area contributed by atoms with Crippen LogP contribution in [-0.4, -0.2) is 6.54 Å². The van der Waals surface area contributed by atoms with Gasteiger partial charge in [0.1, 0.15) is 11.9 Å². The molecule has 0 amide bonds. The lowest BCUT2D eigenvalue weighted by atomic mass is 10.0. The van der Waals surface area contributed by atoms with Gasteiger partial charge in [0.2, 0.25) is 0 Å². The first-order chi connectivity index (χ1) is 9.80. The Morgan fingerprint density at radius 2 is 1.70 bits per heavy atom. The van der Waals surface area contributed by atoms with Gasteiger partial charge in [-0.2, -0.15) is 0 Å². The fraction of sp³-hybridized carbons (Fsp3) is 0.333. The van der Waals surface area contributed by atoms with Crippen LogP contribution in [-0.2, 0) is 12.8 Å². The molecule has 1 unspecified atom stereocenters. The summed E-state index contributed by atoms with van der Waals surface area (Å²) in [6.07, 6.45) is 2.23. The number of hydrogen-bond acceptors (Lipinski definition) is 2. The highest BCUT2D eigenvalue weighted by atomic mass is 16.5. The topological polar surface area (TPSA) is 21.3 Å². The van der Waals surface area contributed by atoms with Crippen molar-refractivity contribution in [2.45, 2.75) is 32.8 Å². The van der Waals surface area contributed by atoms with E-state index in [1.165, 1.54) is 16.7 Å². The van der Waals surface area contributed by atoms with Gasteiger partial charge in [-0.15, -0.1) is 0 Å². The minimum Gasteiger partial charge on any atom is -0.482 e. The van der Waals surface area contributed by atoms with Crippen LogP contribution in [0.15, 0.2) is 42.5 Å². The maximum Gasteiger partial charge on any atom is 0.143 e. The van der Waals surface area contributed by atoms with E-state index in [1.54, 1.807) is 0 Å². The van der Waals surface area contributed by atoms with E-state index in [0.717, 1.165) is 30.8 Å². The van der Waals surface area contributed by atoms with Gasteiger partial charge in [-0.3, -0.25) is 0 Å². The first kappa shape index (κ1) is 13.0. The van der Waals surface area contributed by atoms with E-state index in [-0.39, 0.29) is 6.10 Å². The number of hydrogen-bond donors (Lipinski definition) is 1. The number of aryl methyl sites for hydroxylation is 2. The second kappa shape index (κ2) is 5.58. The molecule has 1 heterocycles. The van der Waals surface area contributed by atoms with Gasteiger partial charge >= 0.3 is 0 Å².